The molecule has 0 atom stereocenters. The van der Waals surface area contributed by atoms with Crippen molar-refractivity contribution >= 4 is 43.2 Å². The second-order valence-electron chi connectivity index (χ2n) is 7.60. The van der Waals surface area contributed by atoms with E-state index in [1.54, 1.807) is 17.0 Å². The van der Waals surface area contributed by atoms with Gasteiger partial charge in [-0.25, -0.2) is 8.42 Å². The number of hydrogen-bond donors (Lipinski definition) is 1. The number of rotatable bonds is 5. The summed E-state index contributed by atoms with van der Waals surface area (Å²) in [6, 6.07) is 10.1. The minimum Gasteiger partial charge on any atom is -0.341 e. The molecule has 1 aromatic heterocycles. The van der Waals surface area contributed by atoms with Crippen molar-refractivity contribution in [1.82, 2.24) is 9.47 Å². The van der Waals surface area contributed by atoms with Crippen LogP contribution in [0.3, 0.4) is 0 Å². The van der Waals surface area contributed by atoms with E-state index < -0.39 is 10.0 Å². The van der Waals surface area contributed by atoms with Crippen molar-refractivity contribution in [2.24, 2.45) is 0 Å². The molecule has 1 amide bonds. The number of likely N-dealkylation sites (tertiary alicyclic amines) is 1. The molecule has 7 nitrogen and oxygen atoms in total. The maximum atomic E-state index is 12.9. The second kappa shape index (κ2) is 7.88. The summed E-state index contributed by atoms with van der Waals surface area (Å²) < 4.78 is 30.4. The van der Waals surface area contributed by atoms with Gasteiger partial charge >= 0.3 is 4.87 Å². The van der Waals surface area contributed by atoms with Crippen LogP contribution in [0.1, 0.15) is 24.0 Å². The number of aryl methyl sites for hydroxylation is 2. The molecule has 0 bridgehead atoms. The molecular weight excluding hydrogens is 422 g/mol. The minimum absolute atomic E-state index is 0.0222. The summed E-state index contributed by atoms with van der Waals surface area (Å²) in [7, 11) is -3.81. The van der Waals surface area contributed by atoms with Crippen LogP contribution >= 0.6 is 11.3 Å². The number of thiazole rings is 1. The van der Waals surface area contributed by atoms with Crippen LogP contribution in [-0.4, -0.2) is 36.9 Å². The number of benzene rings is 2. The lowest BCUT2D eigenvalue weighted by molar-refractivity contribution is -0.130. The highest BCUT2D eigenvalue weighted by Gasteiger charge is 2.22. The normalized spacial score (nSPS) is 14.4. The molecule has 0 radical (unpaired) electrons. The van der Waals surface area contributed by atoms with Crippen molar-refractivity contribution in [3.05, 3.63) is 57.2 Å². The Bertz CT molecular complexity index is 1290. The number of anilines is 1. The third kappa shape index (κ3) is 3.99. The Morgan fingerprint density at radius 2 is 1.83 bits per heavy atom. The first-order chi connectivity index (χ1) is 14.2. The molecule has 1 N–H and O–H groups in total. The van der Waals surface area contributed by atoms with Crippen molar-refractivity contribution in [3.63, 3.8) is 0 Å². The van der Waals surface area contributed by atoms with Crippen LogP contribution in [-0.2, 0) is 21.4 Å². The average Bonchev–Trinajstić information content (AvgIpc) is 3.33. The number of nitrogens with one attached hydrogen (secondary N) is 1. The molecule has 0 spiro atoms. The fourth-order valence-electron chi connectivity index (χ4n) is 3.61. The monoisotopic (exact) mass is 445 g/mol. The number of nitrogens with zero attached hydrogens (tertiary/aromatic N) is 2. The molecule has 1 saturated heterocycles. The molecule has 1 aliphatic rings. The van der Waals surface area contributed by atoms with Crippen molar-refractivity contribution < 1.29 is 13.2 Å². The van der Waals surface area contributed by atoms with Crippen molar-refractivity contribution in [2.75, 3.05) is 17.8 Å². The largest absolute Gasteiger partial charge is 0.341 e. The number of carbonyl (C=O) groups excluding carboxylic acids is 1. The molecule has 30 heavy (non-hydrogen) atoms. The summed E-state index contributed by atoms with van der Waals surface area (Å²) in [5.74, 6) is -0.0809. The smallest absolute Gasteiger partial charge is 0.308 e. The Hall–Kier alpha value is -2.65. The molecule has 3 aromatic rings. The SMILES string of the molecule is Cc1ccc(C)c(NS(=O)(=O)c2ccc3c(c2)sc(=O)n3CC(=O)N2CCCC2)c1. The van der Waals surface area contributed by atoms with Crippen LogP contribution in [0.25, 0.3) is 10.2 Å². The lowest BCUT2D eigenvalue weighted by atomic mass is 10.1. The first-order valence-corrected chi connectivity index (χ1v) is 12.1. The number of sulfonamides is 1. The minimum atomic E-state index is -3.81. The summed E-state index contributed by atoms with van der Waals surface area (Å²) in [6.07, 6.45) is 1.97. The molecule has 0 unspecified atom stereocenters. The van der Waals surface area contributed by atoms with Gasteiger partial charge in [-0.2, -0.15) is 0 Å². The predicted molar refractivity (Wildman–Crippen MR) is 119 cm³/mol. The van der Waals surface area contributed by atoms with Crippen LogP contribution < -0.4 is 9.60 Å². The summed E-state index contributed by atoms with van der Waals surface area (Å²) in [5.41, 5.74) is 2.87. The molecule has 4 rings (SSSR count). The van der Waals surface area contributed by atoms with E-state index in [0.29, 0.717) is 15.9 Å². The average molecular weight is 446 g/mol. The Morgan fingerprint density at radius 3 is 2.57 bits per heavy atom. The summed E-state index contributed by atoms with van der Waals surface area (Å²) in [4.78, 5) is 26.5. The van der Waals surface area contributed by atoms with Gasteiger partial charge in [0.2, 0.25) is 5.91 Å². The van der Waals surface area contributed by atoms with Crippen LogP contribution in [0.2, 0.25) is 0 Å². The number of carbonyl (C=O) groups is 1. The second-order valence-corrected chi connectivity index (χ2v) is 10.3. The van der Waals surface area contributed by atoms with Crippen LogP contribution in [0, 0.1) is 13.8 Å². The number of aromatic nitrogens is 1. The van der Waals surface area contributed by atoms with Gasteiger partial charge in [0.05, 0.1) is 20.8 Å². The third-order valence-electron chi connectivity index (χ3n) is 5.34. The Morgan fingerprint density at radius 1 is 1.10 bits per heavy atom. The van der Waals surface area contributed by atoms with E-state index in [2.05, 4.69) is 4.72 Å². The molecular formula is C21H23N3O4S2. The fourth-order valence-corrected chi connectivity index (χ4v) is 5.77. The van der Waals surface area contributed by atoms with Gasteiger partial charge < -0.3 is 4.90 Å². The van der Waals surface area contributed by atoms with Crippen LogP contribution in [0.5, 0.6) is 0 Å². The molecule has 0 saturated carbocycles. The maximum Gasteiger partial charge on any atom is 0.308 e. The molecule has 1 aliphatic heterocycles. The molecule has 2 heterocycles. The van der Waals surface area contributed by atoms with E-state index in [0.717, 1.165) is 48.4 Å². The van der Waals surface area contributed by atoms with Gasteiger partial charge in [-0.3, -0.25) is 18.9 Å². The predicted octanol–water partition coefficient (Wildman–Crippen LogP) is 3.10. The fraction of sp³-hybridized carbons (Fsp3) is 0.333. The highest BCUT2D eigenvalue weighted by atomic mass is 32.2. The van der Waals surface area contributed by atoms with Crippen LogP contribution in [0.15, 0.2) is 46.1 Å². The number of hydrogen-bond acceptors (Lipinski definition) is 5. The van der Waals surface area contributed by atoms with E-state index in [-0.39, 0.29) is 22.2 Å². The summed E-state index contributed by atoms with van der Waals surface area (Å²) in [5, 5.41) is 0. The lowest BCUT2D eigenvalue weighted by Gasteiger charge is -2.15. The van der Waals surface area contributed by atoms with Crippen molar-refractivity contribution in [3.8, 4) is 0 Å². The van der Waals surface area contributed by atoms with Gasteiger partial charge in [-0.1, -0.05) is 23.5 Å². The zero-order valence-corrected chi connectivity index (χ0v) is 18.5. The molecule has 1 fully saturated rings. The van der Waals surface area contributed by atoms with E-state index in [4.69, 9.17) is 0 Å². The van der Waals surface area contributed by atoms with Crippen LogP contribution in [0.4, 0.5) is 5.69 Å². The van der Waals surface area contributed by atoms with Gasteiger partial charge in [-0.15, -0.1) is 0 Å². The van der Waals surface area contributed by atoms with Gasteiger partial charge in [0, 0.05) is 13.1 Å². The lowest BCUT2D eigenvalue weighted by Crippen LogP contribution is -2.33. The Labute approximate surface area is 179 Å². The summed E-state index contributed by atoms with van der Waals surface area (Å²) >= 11 is 0.950. The number of fused-ring (bicyclic) bond motifs is 1. The quantitative estimate of drug-likeness (QED) is 0.654. The Balaban J connectivity index is 1.64. The molecule has 158 valence electrons. The van der Waals surface area contributed by atoms with E-state index >= 15 is 0 Å². The highest BCUT2D eigenvalue weighted by molar-refractivity contribution is 7.92. The molecule has 9 heteroatoms. The maximum absolute atomic E-state index is 12.9. The topological polar surface area (TPSA) is 88.5 Å². The van der Waals surface area contributed by atoms with E-state index in [1.165, 1.54) is 16.7 Å². The molecule has 0 aliphatic carbocycles. The first kappa shape index (κ1) is 20.6. The van der Waals surface area contributed by atoms with E-state index in [1.807, 2.05) is 26.0 Å². The van der Waals surface area contributed by atoms with Gasteiger partial charge in [0.15, 0.2) is 0 Å². The molecule has 2 aromatic carbocycles. The van der Waals surface area contributed by atoms with Gasteiger partial charge in [-0.05, 0) is 62.1 Å². The third-order valence-corrected chi connectivity index (χ3v) is 7.64. The van der Waals surface area contributed by atoms with Crippen molar-refractivity contribution in [1.29, 1.82) is 0 Å². The first-order valence-electron chi connectivity index (χ1n) is 9.76. The standard InChI is InChI=1S/C21H23N3O4S2/c1-14-5-6-15(2)17(11-14)22-30(27,28)16-7-8-18-19(12-16)29-21(26)24(18)13-20(25)23-9-3-4-10-23/h5-8,11-12,22H,3-4,9-10,13H2,1-2H3. The van der Waals surface area contributed by atoms with Gasteiger partial charge in [0.25, 0.3) is 10.0 Å². The zero-order chi connectivity index (χ0) is 21.5. The highest BCUT2D eigenvalue weighted by Crippen LogP contribution is 2.25. The zero-order valence-electron chi connectivity index (χ0n) is 16.8. The Kier molecular flexibility index (Phi) is 5.42. The van der Waals surface area contributed by atoms with E-state index in [9.17, 15) is 18.0 Å². The van der Waals surface area contributed by atoms with Gasteiger partial charge in [0.1, 0.15) is 6.54 Å². The summed E-state index contributed by atoms with van der Waals surface area (Å²) in [6.45, 7) is 5.16. The van der Waals surface area contributed by atoms with Crippen molar-refractivity contribution in [2.45, 2.75) is 38.1 Å². The number of amides is 1.